The number of hydrogen-bond acceptors (Lipinski definition) is 2. The Balaban J connectivity index is -0.000000845. The third kappa shape index (κ3) is 10.0. The number of esters is 1. The second-order valence-corrected chi connectivity index (χ2v) is 4.78. The molecule has 0 rings (SSSR count). The molecule has 86 valence electrons. The molecule has 0 saturated carbocycles. The third-order valence-corrected chi connectivity index (χ3v) is 2.14. The van der Waals surface area contributed by atoms with Crippen LogP contribution in [0.4, 0.5) is 0 Å². The number of hydrogen-bond donors (Lipinski definition) is 0. The molecule has 0 aliphatic rings. The molecule has 0 amide bonds. The van der Waals surface area contributed by atoms with Gasteiger partial charge >= 0.3 is 57.4 Å². The Morgan fingerprint density at radius 3 is 2.20 bits per heavy atom. The van der Waals surface area contributed by atoms with Gasteiger partial charge in [0.15, 0.2) is 0 Å². The van der Waals surface area contributed by atoms with Crippen molar-refractivity contribution < 1.29 is 62.3 Å². The summed E-state index contributed by atoms with van der Waals surface area (Å²) in [4.78, 5) is 11.7. The monoisotopic (exact) mass is 240 g/mol. The van der Waals surface area contributed by atoms with Gasteiger partial charge in [-0.1, -0.05) is 26.7 Å². The summed E-state index contributed by atoms with van der Waals surface area (Å²) in [6.45, 7) is 9.93. The summed E-state index contributed by atoms with van der Waals surface area (Å²) in [6, 6.07) is 0. The standard InChI is InChI=1S/C12H24O2.K.H/c1-6-8-9-10(7-2)11(13)14-12(3,4)5;;/h10H,6-9H2,1-5H3;;/q;+1;-1. The van der Waals surface area contributed by atoms with E-state index in [4.69, 9.17) is 4.74 Å². The molecular weight excluding hydrogens is 215 g/mol. The van der Waals surface area contributed by atoms with Gasteiger partial charge in [-0.2, -0.15) is 0 Å². The first-order valence-corrected chi connectivity index (χ1v) is 5.63. The van der Waals surface area contributed by atoms with Gasteiger partial charge in [-0.15, -0.1) is 0 Å². The number of unbranched alkanes of at least 4 members (excludes halogenated alkanes) is 1. The summed E-state index contributed by atoms with van der Waals surface area (Å²) < 4.78 is 5.35. The van der Waals surface area contributed by atoms with E-state index in [-0.39, 0.29) is 70.3 Å². The van der Waals surface area contributed by atoms with E-state index in [0.717, 1.165) is 25.7 Å². The molecule has 15 heavy (non-hydrogen) atoms. The number of carbonyl (C=O) groups is 1. The zero-order valence-electron chi connectivity index (χ0n) is 12.2. The molecule has 0 saturated heterocycles. The van der Waals surface area contributed by atoms with Gasteiger partial charge in [0.25, 0.3) is 0 Å². The van der Waals surface area contributed by atoms with Crippen LogP contribution in [0.1, 0.15) is 61.7 Å². The van der Waals surface area contributed by atoms with E-state index in [2.05, 4.69) is 6.92 Å². The van der Waals surface area contributed by atoms with Crippen molar-refractivity contribution in [2.75, 3.05) is 0 Å². The van der Waals surface area contributed by atoms with Crippen molar-refractivity contribution in [2.45, 2.75) is 65.9 Å². The van der Waals surface area contributed by atoms with Crippen molar-refractivity contribution in [3.05, 3.63) is 0 Å². The maximum absolute atomic E-state index is 11.7. The summed E-state index contributed by atoms with van der Waals surface area (Å²) in [5, 5.41) is 0. The predicted molar refractivity (Wildman–Crippen MR) is 60.3 cm³/mol. The van der Waals surface area contributed by atoms with Crippen LogP contribution in [0.3, 0.4) is 0 Å². The molecule has 0 fully saturated rings. The van der Waals surface area contributed by atoms with Crippen LogP contribution in [0.25, 0.3) is 0 Å². The fourth-order valence-electron chi connectivity index (χ4n) is 1.32. The van der Waals surface area contributed by atoms with Crippen LogP contribution in [0.2, 0.25) is 0 Å². The molecule has 2 nitrogen and oxygen atoms in total. The number of ether oxygens (including phenoxy) is 1. The molecule has 3 heteroatoms. The summed E-state index contributed by atoms with van der Waals surface area (Å²) in [7, 11) is 0. The number of carbonyl (C=O) groups excluding carboxylic acids is 1. The SMILES string of the molecule is CCCCC(CC)C(=O)OC(C)(C)C.[H-].[K+]. The largest absolute Gasteiger partial charge is 1.00 e. The molecule has 0 aromatic heterocycles. The topological polar surface area (TPSA) is 26.3 Å². The van der Waals surface area contributed by atoms with E-state index >= 15 is 0 Å². The van der Waals surface area contributed by atoms with E-state index < -0.39 is 0 Å². The van der Waals surface area contributed by atoms with Crippen molar-refractivity contribution in [3.8, 4) is 0 Å². The van der Waals surface area contributed by atoms with Gasteiger partial charge in [0.1, 0.15) is 5.60 Å². The first-order chi connectivity index (χ1) is 6.40. The van der Waals surface area contributed by atoms with Crippen molar-refractivity contribution in [1.82, 2.24) is 0 Å². The molecule has 0 radical (unpaired) electrons. The van der Waals surface area contributed by atoms with Crippen LogP contribution in [-0.2, 0) is 9.53 Å². The third-order valence-electron chi connectivity index (χ3n) is 2.14. The average Bonchev–Trinajstić information content (AvgIpc) is 2.02. The Labute approximate surface area is 138 Å². The first-order valence-electron chi connectivity index (χ1n) is 5.63. The minimum Gasteiger partial charge on any atom is -1.00 e. The molecule has 1 atom stereocenters. The molecule has 0 spiro atoms. The molecule has 0 heterocycles. The minimum atomic E-state index is -0.350. The van der Waals surface area contributed by atoms with E-state index in [9.17, 15) is 4.79 Å². The van der Waals surface area contributed by atoms with Gasteiger partial charge in [-0.25, -0.2) is 0 Å². The van der Waals surface area contributed by atoms with Gasteiger partial charge in [-0.3, -0.25) is 4.79 Å². The Morgan fingerprint density at radius 1 is 1.33 bits per heavy atom. The quantitative estimate of drug-likeness (QED) is 0.521. The van der Waals surface area contributed by atoms with E-state index in [1.807, 2.05) is 27.7 Å². The van der Waals surface area contributed by atoms with Crippen LogP contribution < -0.4 is 51.4 Å². The molecule has 0 bridgehead atoms. The smallest absolute Gasteiger partial charge is 1.00 e. The molecule has 0 aromatic carbocycles. The molecular formula is C12H25KO2. The normalized spacial score (nSPS) is 12.9. The molecule has 0 aliphatic carbocycles. The molecule has 0 aromatic rings. The van der Waals surface area contributed by atoms with Crippen LogP contribution >= 0.6 is 0 Å². The van der Waals surface area contributed by atoms with Gasteiger partial charge < -0.3 is 6.16 Å². The zero-order valence-corrected chi connectivity index (χ0v) is 14.3. The molecule has 1 unspecified atom stereocenters. The van der Waals surface area contributed by atoms with Gasteiger partial charge in [0.05, 0.1) is 5.92 Å². The fraction of sp³-hybridized carbons (Fsp3) is 0.917. The van der Waals surface area contributed by atoms with Gasteiger partial charge in [-0.05, 0) is 33.6 Å². The van der Waals surface area contributed by atoms with Crippen LogP contribution in [0.15, 0.2) is 0 Å². The Bertz CT molecular complexity index is 178. The summed E-state index contributed by atoms with van der Waals surface area (Å²) >= 11 is 0. The van der Waals surface area contributed by atoms with Crippen LogP contribution in [-0.4, -0.2) is 11.6 Å². The zero-order chi connectivity index (χ0) is 11.2. The van der Waals surface area contributed by atoms with E-state index in [0.29, 0.717) is 0 Å². The van der Waals surface area contributed by atoms with Crippen molar-refractivity contribution in [2.24, 2.45) is 5.92 Å². The predicted octanol–water partition coefficient (Wildman–Crippen LogP) is 0.661. The van der Waals surface area contributed by atoms with Gasteiger partial charge in [0.2, 0.25) is 0 Å². The summed E-state index contributed by atoms with van der Waals surface area (Å²) in [6.07, 6.45) is 4.09. The van der Waals surface area contributed by atoms with E-state index in [1.165, 1.54) is 0 Å². The Kier molecular flexibility index (Phi) is 11.3. The first kappa shape index (κ1) is 18.5. The average molecular weight is 240 g/mol. The Morgan fingerprint density at radius 2 is 1.87 bits per heavy atom. The summed E-state index contributed by atoms with van der Waals surface area (Å²) in [5.74, 6) is 0.0580. The maximum Gasteiger partial charge on any atom is 1.00 e. The van der Waals surface area contributed by atoms with E-state index in [1.54, 1.807) is 0 Å². The molecule has 0 N–H and O–H groups in total. The minimum absolute atomic E-state index is 0. The van der Waals surface area contributed by atoms with Crippen molar-refractivity contribution in [3.63, 3.8) is 0 Å². The maximum atomic E-state index is 11.7. The van der Waals surface area contributed by atoms with Crippen molar-refractivity contribution in [1.29, 1.82) is 0 Å². The van der Waals surface area contributed by atoms with Crippen LogP contribution in [0, 0.1) is 5.92 Å². The molecule has 0 aliphatic heterocycles. The van der Waals surface area contributed by atoms with Crippen LogP contribution in [0.5, 0.6) is 0 Å². The Hall–Kier alpha value is 1.11. The second-order valence-electron chi connectivity index (χ2n) is 4.78. The number of rotatable bonds is 5. The fourth-order valence-corrected chi connectivity index (χ4v) is 1.32. The second kappa shape index (κ2) is 9.17. The van der Waals surface area contributed by atoms with Crippen molar-refractivity contribution >= 4 is 5.97 Å². The van der Waals surface area contributed by atoms with Gasteiger partial charge in [0, 0.05) is 0 Å². The summed E-state index contributed by atoms with van der Waals surface area (Å²) in [5.41, 5.74) is -0.350.